The van der Waals surface area contributed by atoms with Crippen LogP contribution in [0.25, 0.3) is 0 Å². The molecule has 0 saturated carbocycles. The van der Waals surface area contributed by atoms with Crippen molar-refractivity contribution in [3.63, 3.8) is 0 Å². The minimum absolute atomic E-state index is 0.558. The molecule has 0 unspecified atom stereocenters. The molecule has 22 heavy (non-hydrogen) atoms. The first kappa shape index (κ1) is 13.6. The summed E-state index contributed by atoms with van der Waals surface area (Å²) in [7, 11) is 1.71. The van der Waals surface area contributed by atoms with Gasteiger partial charge in [-0.3, -0.25) is 4.90 Å². The Labute approximate surface area is 131 Å². The van der Waals surface area contributed by atoms with E-state index in [-0.39, 0.29) is 0 Å². The molecule has 0 aliphatic carbocycles. The van der Waals surface area contributed by atoms with Gasteiger partial charge in [0.2, 0.25) is 0 Å². The number of hydrogen-bond donors (Lipinski definition) is 0. The zero-order valence-electron chi connectivity index (χ0n) is 12.9. The molecule has 0 radical (unpaired) electrons. The quantitative estimate of drug-likeness (QED) is 0.867. The Morgan fingerprint density at radius 3 is 2.77 bits per heavy atom. The molecule has 0 N–H and O–H groups in total. The van der Waals surface area contributed by atoms with Crippen LogP contribution in [-0.4, -0.2) is 31.7 Å². The van der Waals surface area contributed by atoms with E-state index < -0.39 is 0 Å². The van der Waals surface area contributed by atoms with Crippen molar-refractivity contribution in [2.75, 3.05) is 26.8 Å². The molecule has 2 heterocycles. The van der Waals surface area contributed by atoms with Crippen molar-refractivity contribution < 1.29 is 9.47 Å². The molecule has 2 aliphatic rings. The zero-order valence-corrected chi connectivity index (χ0v) is 12.9. The van der Waals surface area contributed by atoms with Crippen LogP contribution in [0.3, 0.4) is 0 Å². The van der Waals surface area contributed by atoms with Gasteiger partial charge < -0.3 is 9.47 Å². The lowest BCUT2D eigenvalue weighted by atomic mass is 9.87. The molecule has 114 valence electrons. The lowest BCUT2D eigenvalue weighted by Gasteiger charge is -2.28. The summed E-state index contributed by atoms with van der Waals surface area (Å²) in [6.45, 7) is 4.02. The molecule has 2 aromatic rings. The van der Waals surface area contributed by atoms with Gasteiger partial charge in [-0.25, -0.2) is 0 Å². The van der Waals surface area contributed by atoms with Crippen LogP contribution >= 0.6 is 0 Å². The van der Waals surface area contributed by atoms with Crippen molar-refractivity contribution >= 4 is 0 Å². The number of nitrogens with zero attached hydrogens (tertiary/aromatic N) is 1. The first-order chi connectivity index (χ1) is 10.8. The maximum Gasteiger partial charge on any atom is 0.164 e. The molecule has 0 amide bonds. The van der Waals surface area contributed by atoms with E-state index in [1.165, 1.54) is 11.1 Å². The summed E-state index contributed by atoms with van der Waals surface area (Å²) >= 11 is 0. The number of para-hydroxylation sites is 1. The fraction of sp³-hybridized carbons (Fsp3) is 0.368. The second-order valence-electron chi connectivity index (χ2n) is 6.24. The van der Waals surface area contributed by atoms with Gasteiger partial charge in [-0.15, -0.1) is 0 Å². The predicted molar refractivity (Wildman–Crippen MR) is 86.4 cm³/mol. The Morgan fingerprint density at radius 1 is 1.09 bits per heavy atom. The van der Waals surface area contributed by atoms with Crippen LogP contribution < -0.4 is 9.47 Å². The van der Waals surface area contributed by atoms with Crippen LogP contribution in [0.1, 0.15) is 17.0 Å². The van der Waals surface area contributed by atoms with Crippen LogP contribution in [0, 0.1) is 5.92 Å². The lowest BCUT2D eigenvalue weighted by Crippen LogP contribution is -2.25. The van der Waals surface area contributed by atoms with Crippen molar-refractivity contribution in [3.8, 4) is 11.5 Å². The van der Waals surface area contributed by atoms with Gasteiger partial charge in [-0.1, -0.05) is 42.5 Å². The molecule has 2 aliphatic heterocycles. The summed E-state index contributed by atoms with van der Waals surface area (Å²) in [6, 6.07) is 17.0. The van der Waals surface area contributed by atoms with Crippen molar-refractivity contribution in [1.29, 1.82) is 0 Å². The minimum Gasteiger partial charge on any atom is -0.493 e. The molecular formula is C19H21NO2. The first-order valence-corrected chi connectivity index (χ1v) is 7.91. The third kappa shape index (κ3) is 2.35. The highest BCUT2D eigenvalue weighted by Gasteiger charge is 2.39. The third-order valence-electron chi connectivity index (χ3n) is 4.84. The van der Waals surface area contributed by atoms with Crippen molar-refractivity contribution in [1.82, 2.24) is 4.90 Å². The highest BCUT2D eigenvalue weighted by atomic mass is 16.5. The van der Waals surface area contributed by atoms with Crippen molar-refractivity contribution in [2.24, 2.45) is 5.92 Å². The number of benzene rings is 2. The molecule has 0 spiro atoms. The molecule has 0 aromatic heterocycles. The Bertz CT molecular complexity index is 656. The van der Waals surface area contributed by atoms with Gasteiger partial charge in [0.25, 0.3) is 0 Å². The van der Waals surface area contributed by atoms with Crippen LogP contribution in [0.5, 0.6) is 11.5 Å². The Balaban J connectivity index is 1.56. The monoisotopic (exact) mass is 295 g/mol. The van der Waals surface area contributed by atoms with E-state index in [2.05, 4.69) is 47.4 Å². The van der Waals surface area contributed by atoms with Crippen LogP contribution in [0.2, 0.25) is 0 Å². The van der Waals surface area contributed by atoms with Crippen LogP contribution in [0.4, 0.5) is 0 Å². The van der Waals surface area contributed by atoms with Gasteiger partial charge in [0.05, 0.1) is 13.7 Å². The van der Waals surface area contributed by atoms with Crippen molar-refractivity contribution in [3.05, 3.63) is 59.7 Å². The molecule has 3 heteroatoms. The Kier molecular flexibility index (Phi) is 3.51. The highest BCUT2D eigenvalue weighted by molar-refractivity contribution is 5.50. The SMILES string of the molecule is COc1cccc2c1OC[C@H]1CN(Cc3ccccc3)C[C@H]21. The van der Waals surface area contributed by atoms with E-state index in [9.17, 15) is 0 Å². The van der Waals surface area contributed by atoms with E-state index in [0.717, 1.165) is 37.7 Å². The molecular weight excluding hydrogens is 274 g/mol. The highest BCUT2D eigenvalue weighted by Crippen LogP contribution is 2.45. The van der Waals surface area contributed by atoms with Gasteiger partial charge in [0, 0.05) is 37.0 Å². The fourth-order valence-corrected chi connectivity index (χ4v) is 3.78. The normalized spacial score (nSPS) is 23.5. The third-order valence-corrected chi connectivity index (χ3v) is 4.84. The molecule has 1 saturated heterocycles. The summed E-state index contributed by atoms with van der Waals surface area (Å²) in [5.74, 6) is 2.95. The summed E-state index contributed by atoms with van der Waals surface area (Å²) in [6.07, 6.45) is 0. The molecule has 0 bridgehead atoms. The van der Waals surface area contributed by atoms with E-state index in [0.29, 0.717) is 11.8 Å². The summed E-state index contributed by atoms with van der Waals surface area (Å²) in [5, 5.41) is 0. The Hall–Kier alpha value is -2.00. The summed E-state index contributed by atoms with van der Waals surface area (Å²) in [5.41, 5.74) is 2.69. The molecule has 3 nitrogen and oxygen atoms in total. The predicted octanol–water partition coefficient (Wildman–Crippen LogP) is 3.30. The molecule has 2 aromatic carbocycles. The Morgan fingerprint density at radius 2 is 1.95 bits per heavy atom. The largest absolute Gasteiger partial charge is 0.493 e. The lowest BCUT2D eigenvalue weighted by molar-refractivity contribution is 0.203. The van der Waals surface area contributed by atoms with Gasteiger partial charge in [0.1, 0.15) is 0 Å². The number of ether oxygens (including phenoxy) is 2. The summed E-state index contributed by atoms with van der Waals surface area (Å²) < 4.78 is 11.5. The number of methoxy groups -OCH3 is 1. The molecule has 4 rings (SSSR count). The van der Waals surface area contributed by atoms with Gasteiger partial charge in [-0.2, -0.15) is 0 Å². The van der Waals surface area contributed by atoms with E-state index >= 15 is 0 Å². The fourth-order valence-electron chi connectivity index (χ4n) is 3.78. The number of rotatable bonds is 3. The molecule has 2 atom stereocenters. The second kappa shape index (κ2) is 5.65. The zero-order chi connectivity index (χ0) is 14.9. The first-order valence-electron chi connectivity index (χ1n) is 7.91. The number of likely N-dealkylation sites (tertiary alicyclic amines) is 1. The molecule has 1 fully saturated rings. The van der Waals surface area contributed by atoms with E-state index in [1.807, 2.05) is 6.07 Å². The second-order valence-corrected chi connectivity index (χ2v) is 6.24. The van der Waals surface area contributed by atoms with E-state index in [1.54, 1.807) is 7.11 Å². The maximum atomic E-state index is 6.01. The number of hydrogen-bond acceptors (Lipinski definition) is 3. The van der Waals surface area contributed by atoms with Crippen LogP contribution in [0.15, 0.2) is 48.5 Å². The van der Waals surface area contributed by atoms with Gasteiger partial charge in [-0.05, 0) is 11.6 Å². The standard InChI is InChI=1S/C19H21NO2/c1-21-18-9-5-8-16-17-12-20(10-14-6-3-2-4-7-14)11-15(17)13-22-19(16)18/h2-9,15,17H,10-13H2,1H3/t15-,17+/m1/s1. The summed E-state index contributed by atoms with van der Waals surface area (Å²) in [4.78, 5) is 2.54. The van der Waals surface area contributed by atoms with Crippen molar-refractivity contribution in [2.45, 2.75) is 12.5 Å². The van der Waals surface area contributed by atoms with Crippen LogP contribution in [-0.2, 0) is 6.54 Å². The smallest absolute Gasteiger partial charge is 0.164 e. The average molecular weight is 295 g/mol. The minimum atomic E-state index is 0.558. The van der Waals surface area contributed by atoms with E-state index in [4.69, 9.17) is 9.47 Å². The van der Waals surface area contributed by atoms with Gasteiger partial charge >= 0.3 is 0 Å². The maximum absolute atomic E-state index is 6.01. The van der Waals surface area contributed by atoms with Gasteiger partial charge in [0.15, 0.2) is 11.5 Å². The topological polar surface area (TPSA) is 21.7 Å². The average Bonchev–Trinajstić information content (AvgIpc) is 2.98. The number of fused-ring (bicyclic) bond motifs is 3.